The van der Waals surface area contributed by atoms with Crippen LogP contribution in [0.3, 0.4) is 0 Å². The Morgan fingerprint density at radius 2 is 2.04 bits per heavy atom. The fourth-order valence-corrected chi connectivity index (χ4v) is 2.35. The monoisotopic (exact) mass is 342 g/mol. The molecular formula is C15H19ClN2O5. The van der Waals surface area contributed by atoms with Gasteiger partial charge in [0.25, 0.3) is 5.69 Å². The van der Waals surface area contributed by atoms with Crippen LogP contribution in [0.1, 0.15) is 25.8 Å². The molecule has 1 amide bonds. The predicted octanol–water partition coefficient (Wildman–Crippen LogP) is 2.65. The number of non-ortho nitro benzene ring substituents is 1. The summed E-state index contributed by atoms with van der Waals surface area (Å²) in [5, 5.41) is 22.4. The van der Waals surface area contributed by atoms with Gasteiger partial charge >= 0.3 is 5.97 Å². The number of carbonyl (C=O) groups excluding carboxylic acids is 1. The van der Waals surface area contributed by atoms with E-state index in [-0.39, 0.29) is 35.5 Å². The highest BCUT2D eigenvalue weighted by molar-refractivity contribution is 6.31. The molecule has 0 aromatic heterocycles. The fraction of sp³-hybridized carbons (Fsp3) is 0.467. The first-order valence-corrected chi connectivity index (χ1v) is 7.50. The lowest BCUT2D eigenvalue weighted by molar-refractivity contribution is -0.384. The quantitative estimate of drug-likeness (QED) is 0.557. The summed E-state index contributed by atoms with van der Waals surface area (Å²) >= 11 is 5.92. The number of nitrogens with zero attached hydrogens (tertiary/aromatic N) is 1. The van der Waals surface area contributed by atoms with Gasteiger partial charge in [-0.3, -0.25) is 19.7 Å². The maximum absolute atomic E-state index is 11.9. The van der Waals surface area contributed by atoms with Crippen LogP contribution in [-0.2, 0) is 16.0 Å². The summed E-state index contributed by atoms with van der Waals surface area (Å²) in [6, 6.07) is 3.87. The van der Waals surface area contributed by atoms with Crippen LogP contribution < -0.4 is 5.32 Å². The molecule has 0 fully saturated rings. The number of rotatable bonds is 8. The van der Waals surface area contributed by atoms with Gasteiger partial charge in [-0.1, -0.05) is 31.5 Å². The molecule has 1 aromatic carbocycles. The topological polar surface area (TPSA) is 110 Å². The van der Waals surface area contributed by atoms with Crippen LogP contribution in [0.5, 0.6) is 0 Å². The number of nitro benzene ring substituents is 1. The number of carbonyl (C=O) groups is 2. The van der Waals surface area contributed by atoms with Gasteiger partial charge in [-0.05, 0) is 17.9 Å². The molecule has 0 heterocycles. The van der Waals surface area contributed by atoms with Crippen LogP contribution in [0.2, 0.25) is 5.02 Å². The summed E-state index contributed by atoms with van der Waals surface area (Å²) in [6.07, 6.45) is 0.402. The molecule has 126 valence electrons. The number of aliphatic carboxylic acids is 1. The second kappa shape index (κ2) is 8.47. The van der Waals surface area contributed by atoms with E-state index in [0.29, 0.717) is 12.0 Å². The van der Waals surface area contributed by atoms with Gasteiger partial charge < -0.3 is 10.4 Å². The Morgan fingerprint density at radius 1 is 1.39 bits per heavy atom. The minimum atomic E-state index is -0.952. The lowest BCUT2D eigenvalue weighted by atomic mass is 9.97. The standard InChI is InChI=1S/C15H19ClN2O5/c1-9(2)5-11(15(20)21)8-17-14(19)6-10-3-4-12(18(22)23)7-13(10)16/h3-4,7,9,11H,5-6,8H2,1-2H3,(H,17,19)(H,20,21). The summed E-state index contributed by atoms with van der Waals surface area (Å²) in [6.45, 7) is 3.86. The molecular weight excluding hydrogens is 324 g/mol. The summed E-state index contributed by atoms with van der Waals surface area (Å²) in [5.41, 5.74) is 0.299. The van der Waals surface area contributed by atoms with Gasteiger partial charge in [-0.2, -0.15) is 0 Å². The largest absolute Gasteiger partial charge is 0.481 e. The van der Waals surface area contributed by atoms with E-state index >= 15 is 0 Å². The number of amides is 1. The Balaban J connectivity index is 2.63. The molecule has 1 unspecified atom stereocenters. The minimum absolute atomic E-state index is 0.0386. The number of halogens is 1. The average molecular weight is 343 g/mol. The summed E-state index contributed by atoms with van der Waals surface area (Å²) in [4.78, 5) is 33.1. The molecule has 1 atom stereocenters. The van der Waals surface area contributed by atoms with Gasteiger partial charge in [0.2, 0.25) is 5.91 Å². The van der Waals surface area contributed by atoms with Crippen LogP contribution >= 0.6 is 11.6 Å². The van der Waals surface area contributed by atoms with Crippen molar-refractivity contribution in [3.05, 3.63) is 38.9 Å². The molecule has 0 saturated carbocycles. The summed E-state index contributed by atoms with van der Waals surface area (Å²) in [5.74, 6) is -1.77. The first-order chi connectivity index (χ1) is 10.7. The molecule has 0 aliphatic rings. The molecule has 2 N–H and O–H groups in total. The van der Waals surface area contributed by atoms with E-state index in [0.717, 1.165) is 0 Å². The highest BCUT2D eigenvalue weighted by Crippen LogP contribution is 2.22. The van der Waals surface area contributed by atoms with E-state index < -0.39 is 16.8 Å². The van der Waals surface area contributed by atoms with Crippen molar-refractivity contribution in [1.82, 2.24) is 5.32 Å². The average Bonchev–Trinajstić information content (AvgIpc) is 2.44. The first-order valence-electron chi connectivity index (χ1n) is 7.13. The van der Waals surface area contributed by atoms with E-state index in [1.807, 2.05) is 13.8 Å². The third kappa shape index (κ3) is 6.23. The van der Waals surface area contributed by atoms with Gasteiger partial charge in [-0.25, -0.2) is 0 Å². The maximum Gasteiger partial charge on any atom is 0.308 e. The SMILES string of the molecule is CC(C)CC(CNC(=O)Cc1ccc([N+](=O)[O-])cc1Cl)C(=O)O. The maximum atomic E-state index is 11.9. The number of hydrogen-bond donors (Lipinski definition) is 2. The molecule has 8 heteroatoms. The van der Waals surface area contributed by atoms with Crippen LogP contribution in [-0.4, -0.2) is 28.5 Å². The molecule has 0 radical (unpaired) electrons. The van der Waals surface area contributed by atoms with Crippen molar-refractivity contribution in [3.8, 4) is 0 Å². The predicted molar refractivity (Wildman–Crippen MR) is 85.4 cm³/mol. The smallest absolute Gasteiger partial charge is 0.308 e. The summed E-state index contributed by atoms with van der Waals surface area (Å²) in [7, 11) is 0. The van der Waals surface area contributed by atoms with E-state index in [1.54, 1.807) is 0 Å². The summed E-state index contributed by atoms with van der Waals surface area (Å²) < 4.78 is 0. The molecule has 0 aliphatic carbocycles. The number of carboxylic acid groups (broad SMARTS) is 1. The van der Waals surface area contributed by atoms with Gasteiger partial charge in [-0.15, -0.1) is 0 Å². The Hall–Kier alpha value is -2.15. The Labute approximate surface area is 138 Å². The van der Waals surface area contributed by atoms with Crippen molar-refractivity contribution in [2.45, 2.75) is 26.7 Å². The number of benzene rings is 1. The van der Waals surface area contributed by atoms with Crippen LogP contribution in [0, 0.1) is 22.0 Å². The third-order valence-electron chi connectivity index (χ3n) is 3.25. The zero-order valence-corrected chi connectivity index (χ0v) is 13.7. The van der Waals surface area contributed by atoms with Gasteiger partial charge in [0.05, 0.1) is 22.3 Å². The normalized spacial score (nSPS) is 12.0. The molecule has 23 heavy (non-hydrogen) atoms. The van der Waals surface area contributed by atoms with Crippen molar-refractivity contribution < 1.29 is 19.6 Å². The van der Waals surface area contributed by atoms with Crippen LogP contribution in [0.4, 0.5) is 5.69 Å². The lowest BCUT2D eigenvalue weighted by Crippen LogP contribution is -2.34. The Bertz CT molecular complexity index is 604. The second-order valence-electron chi connectivity index (χ2n) is 5.68. The number of nitrogens with one attached hydrogen (secondary N) is 1. The third-order valence-corrected chi connectivity index (χ3v) is 3.60. The lowest BCUT2D eigenvalue weighted by Gasteiger charge is -2.15. The van der Waals surface area contributed by atoms with E-state index in [2.05, 4.69) is 5.32 Å². The molecule has 0 spiro atoms. The molecule has 1 rings (SSSR count). The zero-order chi connectivity index (χ0) is 17.6. The molecule has 1 aromatic rings. The van der Waals surface area contributed by atoms with E-state index in [4.69, 9.17) is 16.7 Å². The Kier molecular flexibility index (Phi) is 6.96. The van der Waals surface area contributed by atoms with Crippen LogP contribution in [0.15, 0.2) is 18.2 Å². The van der Waals surface area contributed by atoms with Gasteiger partial charge in [0.15, 0.2) is 0 Å². The van der Waals surface area contributed by atoms with Gasteiger partial charge in [0.1, 0.15) is 0 Å². The zero-order valence-electron chi connectivity index (χ0n) is 12.9. The highest BCUT2D eigenvalue weighted by atomic mass is 35.5. The first kappa shape index (κ1) is 18.9. The van der Waals surface area contributed by atoms with E-state index in [1.165, 1.54) is 18.2 Å². The van der Waals surface area contributed by atoms with Crippen molar-refractivity contribution in [3.63, 3.8) is 0 Å². The molecule has 0 saturated heterocycles. The second-order valence-corrected chi connectivity index (χ2v) is 6.09. The van der Waals surface area contributed by atoms with Crippen molar-refractivity contribution >= 4 is 29.2 Å². The highest BCUT2D eigenvalue weighted by Gasteiger charge is 2.20. The van der Waals surface area contributed by atoms with E-state index in [9.17, 15) is 19.7 Å². The number of nitro groups is 1. The molecule has 0 aliphatic heterocycles. The van der Waals surface area contributed by atoms with Gasteiger partial charge in [0, 0.05) is 18.7 Å². The van der Waals surface area contributed by atoms with Crippen molar-refractivity contribution in [2.75, 3.05) is 6.54 Å². The number of carboxylic acids is 1. The van der Waals surface area contributed by atoms with Crippen molar-refractivity contribution in [1.29, 1.82) is 0 Å². The fourth-order valence-electron chi connectivity index (χ4n) is 2.11. The number of hydrogen-bond acceptors (Lipinski definition) is 4. The Morgan fingerprint density at radius 3 is 2.52 bits per heavy atom. The molecule has 0 bridgehead atoms. The molecule has 7 nitrogen and oxygen atoms in total. The van der Waals surface area contributed by atoms with Crippen LogP contribution in [0.25, 0.3) is 0 Å². The minimum Gasteiger partial charge on any atom is -0.481 e. The van der Waals surface area contributed by atoms with Crippen molar-refractivity contribution in [2.24, 2.45) is 11.8 Å².